The fourth-order valence-electron chi connectivity index (χ4n) is 1.76. The Morgan fingerprint density at radius 3 is 2.84 bits per heavy atom. The molecule has 0 spiro atoms. The first-order valence-corrected chi connectivity index (χ1v) is 5.97. The van der Waals surface area contributed by atoms with Crippen molar-refractivity contribution in [2.75, 3.05) is 14.2 Å². The largest absolute Gasteiger partial charge is 0.494 e. The zero-order valence-electron chi connectivity index (χ0n) is 11.4. The number of amidine groups is 1. The average molecular weight is 269 g/mol. The monoisotopic (exact) mass is 269 g/mol. The van der Waals surface area contributed by atoms with Crippen molar-refractivity contribution in [2.24, 2.45) is 10.9 Å². The molecule has 0 saturated heterocycles. The normalized spacial score (nSPS) is 13.6. The molecule has 1 aromatic carbocycles. The van der Waals surface area contributed by atoms with Crippen molar-refractivity contribution < 1.29 is 14.3 Å². The summed E-state index contributed by atoms with van der Waals surface area (Å²) >= 11 is 0. The van der Waals surface area contributed by atoms with Crippen molar-refractivity contribution >= 4 is 5.84 Å². The third-order valence-corrected chi connectivity index (χ3v) is 3.07. The highest BCUT2D eigenvalue weighted by Gasteiger charge is 2.15. The summed E-state index contributed by atoms with van der Waals surface area (Å²) < 4.78 is 18.9. The molecule has 3 N–H and O–H groups in total. The van der Waals surface area contributed by atoms with E-state index in [1.54, 1.807) is 18.2 Å². The molecule has 106 valence electrons. The molecule has 0 aliphatic heterocycles. The summed E-state index contributed by atoms with van der Waals surface area (Å²) in [4.78, 5) is 1.93. The molecule has 0 bridgehead atoms. The molecule has 0 amide bonds. The number of nitrogens with zero attached hydrogens (tertiary/aromatic N) is 2. The highest BCUT2D eigenvalue weighted by molar-refractivity contribution is 5.80. The maximum absolute atomic E-state index is 14.0. The van der Waals surface area contributed by atoms with E-state index in [0.29, 0.717) is 18.5 Å². The molecule has 19 heavy (non-hydrogen) atoms. The van der Waals surface area contributed by atoms with Crippen LogP contribution in [0.1, 0.15) is 18.9 Å². The van der Waals surface area contributed by atoms with Crippen molar-refractivity contribution in [3.05, 3.63) is 29.6 Å². The van der Waals surface area contributed by atoms with Crippen LogP contribution < -0.4 is 10.5 Å². The Morgan fingerprint density at radius 2 is 2.26 bits per heavy atom. The predicted molar refractivity (Wildman–Crippen MR) is 71.9 cm³/mol. The van der Waals surface area contributed by atoms with E-state index >= 15 is 0 Å². The van der Waals surface area contributed by atoms with E-state index < -0.39 is 0 Å². The first-order chi connectivity index (χ1) is 8.99. The second kappa shape index (κ2) is 6.94. The van der Waals surface area contributed by atoms with E-state index in [0.717, 1.165) is 0 Å². The Balaban J connectivity index is 2.74. The molecule has 0 aliphatic carbocycles. The Kier molecular flexibility index (Phi) is 5.57. The molecule has 0 saturated carbocycles. The Morgan fingerprint density at radius 1 is 1.58 bits per heavy atom. The molecule has 5 nitrogen and oxygen atoms in total. The van der Waals surface area contributed by atoms with E-state index in [9.17, 15) is 4.39 Å². The number of oxime groups is 1. The Bertz CT molecular complexity index is 452. The highest BCUT2D eigenvalue weighted by atomic mass is 19.1. The van der Waals surface area contributed by atoms with Crippen LogP contribution in [0.4, 0.5) is 4.39 Å². The minimum atomic E-state index is -0.354. The van der Waals surface area contributed by atoms with Gasteiger partial charge in [-0.05, 0) is 20.0 Å². The molecule has 1 unspecified atom stereocenters. The number of benzene rings is 1. The summed E-state index contributed by atoms with van der Waals surface area (Å²) in [6, 6.07) is 5.07. The van der Waals surface area contributed by atoms with Gasteiger partial charge < -0.3 is 15.7 Å². The zero-order chi connectivity index (χ0) is 14.4. The Labute approximate surface area is 112 Å². The molecular formula is C13H20FN3O2. The van der Waals surface area contributed by atoms with Crippen molar-refractivity contribution in [1.82, 2.24) is 4.90 Å². The molecule has 0 heterocycles. The van der Waals surface area contributed by atoms with E-state index in [4.69, 9.17) is 15.7 Å². The maximum atomic E-state index is 14.0. The summed E-state index contributed by atoms with van der Waals surface area (Å²) in [6.07, 6.45) is 0.415. The van der Waals surface area contributed by atoms with Gasteiger partial charge in [-0.25, -0.2) is 4.39 Å². The average Bonchev–Trinajstić information content (AvgIpc) is 2.40. The van der Waals surface area contributed by atoms with E-state index in [1.165, 1.54) is 7.11 Å². The standard InChI is InChI=1S/C13H20FN3O2/c1-9(7-12(15)16-18)17(2)8-10-5-4-6-11(19-3)13(10)14/h4-6,9,18H,7-8H2,1-3H3,(H2,15,16). The van der Waals surface area contributed by atoms with Crippen molar-refractivity contribution in [1.29, 1.82) is 0 Å². The lowest BCUT2D eigenvalue weighted by molar-refractivity contribution is 0.246. The van der Waals surface area contributed by atoms with E-state index in [-0.39, 0.29) is 23.4 Å². The maximum Gasteiger partial charge on any atom is 0.169 e. The minimum absolute atomic E-state index is 0.0292. The summed E-state index contributed by atoms with van der Waals surface area (Å²) in [5.74, 6) is 0.0355. The third kappa shape index (κ3) is 4.10. The third-order valence-electron chi connectivity index (χ3n) is 3.07. The van der Waals surface area contributed by atoms with Gasteiger partial charge >= 0.3 is 0 Å². The molecule has 0 aromatic heterocycles. The summed E-state index contributed by atoms with van der Waals surface area (Å²) in [5.41, 5.74) is 6.01. The molecule has 6 heteroatoms. The van der Waals surface area contributed by atoms with Crippen molar-refractivity contribution in [3.8, 4) is 5.75 Å². The molecule has 0 aliphatic rings. The van der Waals surface area contributed by atoms with Gasteiger partial charge in [-0.1, -0.05) is 17.3 Å². The number of nitrogens with two attached hydrogens (primary N) is 1. The van der Waals surface area contributed by atoms with Gasteiger partial charge in [-0.15, -0.1) is 0 Å². The highest BCUT2D eigenvalue weighted by Crippen LogP contribution is 2.21. The predicted octanol–water partition coefficient (Wildman–Crippen LogP) is 1.79. The summed E-state index contributed by atoms with van der Waals surface area (Å²) in [6.45, 7) is 2.35. The second-order valence-corrected chi connectivity index (χ2v) is 4.49. The van der Waals surface area contributed by atoms with Crippen LogP contribution in [0.15, 0.2) is 23.4 Å². The summed E-state index contributed by atoms with van der Waals surface area (Å²) in [7, 11) is 3.29. The van der Waals surface area contributed by atoms with E-state index in [1.807, 2.05) is 18.9 Å². The van der Waals surface area contributed by atoms with Crippen LogP contribution in [0.3, 0.4) is 0 Å². The number of halogens is 1. The zero-order valence-corrected chi connectivity index (χ0v) is 11.4. The number of hydrogen-bond acceptors (Lipinski definition) is 4. The molecule has 0 fully saturated rings. The minimum Gasteiger partial charge on any atom is -0.494 e. The van der Waals surface area contributed by atoms with Gasteiger partial charge in [0.25, 0.3) is 0 Å². The van der Waals surface area contributed by atoms with Crippen LogP contribution in [-0.2, 0) is 6.54 Å². The van der Waals surface area contributed by atoms with Gasteiger partial charge in [0, 0.05) is 24.6 Å². The molecule has 0 radical (unpaired) electrons. The number of ether oxygens (including phenoxy) is 1. The van der Waals surface area contributed by atoms with Crippen LogP contribution in [0.2, 0.25) is 0 Å². The lowest BCUT2D eigenvalue weighted by Crippen LogP contribution is -2.33. The second-order valence-electron chi connectivity index (χ2n) is 4.49. The first-order valence-electron chi connectivity index (χ1n) is 5.97. The van der Waals surface area contributed by atoms with E-state index in [2.05, 4.69) is 5.16 Å². The molecule has 1 rings (SSSR count). The van der Waals surface area contributed by atoms with Gasteiger partial charge in [-0.2, -0.15) is 0 Å². The van der Waals surface area contributed by atoms with Crippen molar-refractivity contribution in [2.45, 2.75) is 25.9 Å². The van der Waals surface area contributed by atoms with Gasteiger partial charge in [0.2, 0.25) is 0 Å². The fraction of sp³-hybridized carbons (Fsp3) is 0.462. The molecule has 1 aromatic rings. The summed E-state index contributed by atoms with van der Waals surface area (Å²) in [5, 5.41) is 11.5. The topological polar surface area (TPSA) is 71.1 Å². The van der Waals surface area contributed by atoms with Gasteiger partial charge in [0.15, 0.2) is 11.6 Å². The van der Waals surface area contributed by atoms with Gasteiger partial charge in [0.1, 0.15) is 5.84 Å². The smallest absolute Gasteiger partial charge is 0.169 e. The lowest BCUT2D eigenvalue weighted by Gasteiger charge is -2.24. The van der Waals surface area contributed by atoms with Crippen LogP contribution >= 0.6 is 0 Å². The number of rotatable bonds is 6. The lowest BCUT2D eigenvalue weighted by atomic mass is 10.1. The number of methoxy groups -OCH3 is 1. The fourth-order valence-corrected chi connectivity index (χ4v) is 1.76. The first kappa shape index (κ1) is 15.2. The Hall–Kier alpha value is -1.82. The van der Waals surface area contributed by atoms with Crippen LogP contribution in [0, 0.1) is 5.82 Å². The van der Waals surface area contributed by atoms with Crippen LogP contribution in [0.5, 0.6) is 5.75 Å². The van der Waals surface area contributed by atoms with Crippen molar-refractivity contribution in [3.63, 3.8) is 0 Å². The quantitative estimate of drug-likeness (QED) is 0.357. The number of hydrogen-bond donors (Lipinski definition) is 2. The molecular weight excluding hydrogens is 249 g/mol. The molecule has 1 atom stereocenters. The SMILES string of the molecule is COc1cccc(CN(C)C(C)C/C(N)=N/O)c1F. The van der Waals surface area contributed by atoms with Gasteiger partial charge in [0.05, 0.1) is 7.11 Å². The van der Waals surface area contributed by atoms with Crippen LogP contribution in [0.25, 0.3) is 0 Å². The van der Waals surface area contributed by atoms with Crippen LogP contribution in [-0.4, -0.2) is 36.1 Å². The van der Waals surface area contributed by atoms with Gasteiger partial charge in [-0.3, -0.25) is 4.90 Å².